The summed E-state index contributed by atoms with van der Waals surface area (Å²) in [4.78, 5) is 4.70. The zero-order valence-corrected chi connectivity index (χ0v) is 18.5. The van der Waals surface area contributed by atoms with Crippen LogP contribution in [0.4, 0.5) is 13.2 Å². The van der Waals surface area contributed by atoms with Gasteiger partial charge in [-0.1, -0.05) is 91.0 Å². The minimum absolute atomic E-state index is 0.0419. The van der Waals surface area contributed by atoms with E-state index in [1.54, 1.807) is 6.21 Å². The van der Waals surface area contributed by atoms with Crippen molar-refractivity contribution in [3.05, 3.63) is 120 Å². The van der Waals surface area contributed by atoms with Gasteiger partial charge in [-0.25, -0.2) is 0 Å². The average Bonchev–Trinajstić information content (AvgIpc) is 3.28. The van der Waals surface area contributed by atoms with Crippen LogP contribution in [0.1, 0.15) is 18.1 Å². The van der Waals surface area contributed by atoms with Gasteiger partial charge in [0.15, 0.2) is 0 Å². The van der Waals surface area contributed by atoms with Crippen LogP contribution in [0.15, 0.2) is 113 Å². The third-order valence-corrected chi connectivity index (χ3v) is 8.02. The quantitative estimate of drug-likeness (QED) is 0.293. The Labute approximate surface area is 187 Å². The molecule has 0 saturated carbocycles. The van der Waals surface area contributed by atoms with Gasteiger partial charge >= 0.3 is 6.18 Å². The van der Waals surface area contributed by atoms with Crippen molar-refractivity contribution < 1.29 is 13.2 Å². The lowest BCUT2D eigenvalue weighted by atomic mass is 10.0. The third kappa shape index (κ3) is 5.08. The fraction of sp³-hybridized carbons (Fsp3) is 0.148. The molecule has 32 heavy (non-hydrogen) atoms. The van der Waals surface area contributed by atoms with E-state index >= 15 is 0 Å². The van der Waals surface area contributed by atoms with E-state index in [9.17, 15) is 13.2 Å². The molecule has 1 unspecified atom stereocenters. The number of aliphatic imine (C=N–C) groups is 1. The van der Waals surface area contributed by atoms with Gasteiger partial charge in [-0.2, -0.15) is 13.2 Å². The Kier molecular flexibility index (Phi) is 6.72. The van der Waals surface area contributed by atoms with E-state index in [1.807, 2.05) is 12.1 Å². The van der Waals surface area contributed by atoms with Gasteiger partial charge in [0, 0.05) is 12.1 Å². The number of allylic oxidation sites excluding steroid dienone is 2. The highest BCUT2D eigenvalue weighted by atomic mass is 31.1. The smallest absolute Gasteiger partial charge is 0.289 e. The second-order valence-electron chi connectivity index (χ2n) is 7.65. The summed E-state index contributed by atoms with van der Waals surface area (Å²) in [5.74, 6) is 0.132. The standard InChI is InChI=1S/C27H23F3NP/c1-20(31-19-21-15-17-22(18-16-21)27(28,29)30)25-13-8-14-26(25)32(23-9-4-2-5-10-23)24-11-6-3-7-12-24/h2-20,25H,1H3/t20-,25?/m1/s1. The number of alkyl halides is 3. The predicted molar refractivity (Wildman–Crippen MR) is 128 cm³/mol. The van der Waals surface area contributed by atoms with Gasteiger partial charge < -0.3 is 0 Å². The Morgan fingerprint density at radius 1 is 0.844 bits per heavy atom. The number of halogens is 3. The van der Waals surface area contributed by atoms with Crippen molar-refractivity contribution in [1.82, 2.24) is 0 Å². The molecule has 1 aliphatic carbocycles. The molecule has 0 spiro atoms. The van der Waals surface area contributed by atoms with E-state index in [2.05, 4.69) is 73.7 Å². The van der Waals surface area contributed by atoms with Gasteiger partial charge in [0.05, 0.1) is 11.6 Å². The van der Waals surface area contributed by atoms with Crippen molar-refractivity contribution in [2.75, 3.05) is 0 Å². The first-order valence-electron chi connectivity index (χ1n) is 10.4. The van der Waals surface area contributed by atoms with Crippen LogP contribution >= 0.6 is 7.92 Å². The molecule has 3 aromatic rings. The fourth-order valence-corrected chi connectivity index (χ4v) is 6.44. The van der Waals surface area contributed by atoms with E-state index in [1.165, 1.54) is 28.1 Å². The number of nitrogens with zero attached hydrogens (tertiary/aromatic N) is 1. The van der Waals surface area contributed by atoms with Crippen LogP contribution in [0.25, 0.3) is 0 Å². The molecule has 1 nitrogen and oxygen atoms in total. The zero-order chi connectivity index (χ0) is 22.6. The Balaban J connectivity index is 1.57. The van der Waals surface area contributed by atoms with Gasteiger partial charge in [0.1, 0.15) is 0 Å². The van der Waals surface area contributed by atoms with Crippen molar-refractivity contribution in [2.45, 2.75) is 19.1 Å². The summed E-state index contributed by atoms with van der Waals surface area (Å²) in [6.07, 6.45) is 3.79. The lowest BCUT2D eigenvalue weighted by Gasteiger charge is -2.27. The lowest BCUT2D eigenvalue weighted by Crippen LogP contribution is -2.20. The largest absolute Gasteiger partial charge is 0.416 e. The molecule has 0 N–H and O–H groups in total. The van der Waals surface area contributed by atoms with E-state index in [4.69, 9.17) is 4.99 Å². The van der Waals surface area contributed by atoms with Crippen molar-refractivity contribution >= 4 is 24.7 Å². The minimum atomic E-state index is -4.33. The second kappa shape index (κ2) is 9.67. The first-order chi connectivity index (χ1) is 15.4. The normalized spacial score (nSPS) is 17.2. The molecule has 0 aliphatic heterocycles. The van der Waals surface area contributed by atoms with E-state index in [0.29, 0.717) is 5.56 Å². The molecule has 0 aromatic heterocycles. The predicted octanol–water partition coefficient (Wildman–Crippen LogP) is 6.72. The van der Waals surface area contributed by atoms with Gasteiger partial charge in [-0.05, 0) is 48.5 Å². The van der Waals surface area contributed by atoms with Crippen LogP contribution < -0.4 is 10.6 Å². The summed E-state index contributed by atoms with van der Waals surface area (Å²) in [5.41, 5.74) is 0.00810. The molecule has 0 radical (unpaired) electrons. The van der Waals surface area contributed by atoms with E-state index in [-0.39, 0.29) is 12.0 Å². The van der Waals surface area contributed by atoms with Crippen LogP contribution in [-0.2, 0) is 6.18 Å². The maximum absolute atomic E-state index is 12.8. The molecule has 0 saturated heterocycles. The van der Waals surface area contributed by atoms with Crippen LogP contribution in [0.5, 0.6) is 0 Å². The van der Waals surface area contributed by atoms with Crippen molar-refractivity contribution in [2.24, 2.45) is 10.9 Å². The number of benzene rings is 3. The highest BCUT2D eigenvalue weighted by Crippen LogP contribution is 2.50. The van der Waals surface area contributed by atoms with Crippen molar-refractivity contribution in [1.29, 1.82) is 0 Å². The summed E-state index contributed by atoms with van der Waals surface area (Å²) in [6.45, 7) is 2.05. The maximum Gasteiger partial charge on any atom is 0.416 e. The van der Waals surface area contributed by atoms with Gasteiger partial charge in [0.25, 0.3) is 0 Å². The van der Waals surface area contributed by atoms with Crippen LogP contribution in [-0.4, -0.2) is 12.3 Å². The van der Waals surface area contributed by atoms with Crippen molar-refractivity contribution in [3.8, 4) is 0 Å². The zero-order valence-electron chi connectivity index (χ0n) is 17.6. The van der Waals surface area contributed by atoms with Gasteiger partial charge in [0.2, 0.25) is 0 Å². The first kappa shape index (κ1) is 22.2. The SMILES string of the molecule is C[C@@H](N=Cc1ccc(C(F)(F)F)cc1)C1C=CC=C1P(c1ccccc1)c1ccccc1. The maximum atomic E-state index is 12.8. The summed E-state index contributed by atoms with van der Waals surface area (Å²) in [6, 6.07) is 26.1. The first-order valence-corrected chi connectivity index (χ1v) is 11.8. The number of hydrogen-bond acceptors (Lipinski definition) is 1. The van der Waals surface area contributed by atoms with Gasteiger partial charge in [-0.3, -0.25) is 4.99 Å². The van der Waals surface area contributed by atoms with E-state index in [0.717, 1.165) is 12.1 Å². The summed E-state index contributed by atoms with van der Waals surface area (Å²) in [5, 5.41) is 3.90. The Morgan fingerprint density at radius 3 is 1.94 bits per heavy atom. The van der Waals surface area contributed by atoms with Crippen LogP contribution in [0.2, 0.25) is 0 Å². The van der Waals surface area contributed by atoms with E-state index < -0.39 is 19.7 Å². The Hall–Kier alpha value is -2.97. The molecule has 0 fully saturated rings. The molecule has 2 atom stereocenters. The molecule has 3 aromatic carbocycles. The van der Waals surface area contributed by atoms with Crippen LogP contribution in [0, 0.1) is 5.92 Å². The molecule has 1 aliphatic rings. The lowest BCUT2D eigenvalue weighted by molar-refractivity contribution is -0.137. The van der Waals surface area contributed by atoms with Crippen molar-refractivity contribution in [3.63, 3.8) is 0 Å². The molecule has 5 heteroatoms. The second-order valence-corrected chi connectivity index (χ2v) is 9.87. The highest BCUT2D eigenvalue weighted by molar-refractivity contribution is 7.76. The number of rotatable bonds is 6. The minimum Gasteiger partial charge on any atom is -0.289 e. The highest BCUT2D eigenvalue weighted by Gasteiger charge is 2.30. The Bertz CT molecular complexity index is 1080. The molecule has 0 bridgehead atoms. The molecule has 0 heterocycles. The number of hydrogen-bond donors (Lipinski definition) is 0. The molecule has 0 amide bonds. The molecule has 162 valence electrons. The molecule has 4 rings (SSSR count). The summed E-state index contributed by atoms with van der Waals surface area (Å²) >= 11 is 0. The average molecular weight is 449 g/mol. The molecular formula is C27H23F3NP. The molecular weight excluding hydrogens is 426 g/mol. The van der Waals surface area contributed by atoms with Crippen LogP contribution in [0.3, 0.4) is 0 Å². The summed E-state index contributed by atoms with van der Waals surface area (Å²) in [7, 11) is -0.706. The fourth-order valence-electron chi connectivity index (χ4n) is 3.77. The topological polar surface area (TPSA) is 12.4 Å². The van der Waals surface area contributed by atoms with Gasteiger partial charge in [-0.15, -0.1) is 0 Å². The Morgan fingerprint density at radius 2 is 1.41 bits per heavy atom. The monoisotopic (exact) mass is 449 g/mol. The third-order valence-electron chi connectivity index (χ3n) is 5.43. The summed E-state index contributed by atoms with van der Waals surface area (Å²) < 4.78 is 38.4.